The van der Waals surface area contributed by atoms with E-state index >= 15 is 0 Å². The summed E-state index contributed by atoms with van der Waals surface area (Å²) in [5.41, 5.74) is 5.86. The van der Waals surface area contributed by atoms with Crippen molar-refractivity contribution in [2.75, 3.05) is 26.2 Å². The van der Waals surface area contributed by atoms with E-state index in [0.717, 1.165) is 12.8 Å². The molecule has 1 unspecified atom stereocenters. The molecule has 6 nitrogen and oxygen atoms in total. The summed E-state index contributed by atoms with van der Waals surface area (Å²) in [6.45, 7) is 5.67. The molecule has 0 saturated carbocycles. The third-order valence-corrected chi connectivity index (χ3v) is 4.29. The number of hydrogen-bond acceptors (Lipinski definition) is 4. The molecule has 0 radical (unpaired) electrons. The summed E-state index contributed by atoms with van der Waals surface area (Å²) in [7, 11) is 0. The topological polar surface area (TPSA) is 84.7 Å². The number of nitrogens with one attached hydrogen (secondary N) is 1. The third kappa shape index (κ3) is 5.34. The van der Waals surface area contributed by atoms with E-state index in [1.54, 1.807) is 23.1 Å². The summed E-state index contributed by atoms with van der Waals surface area (Å²) in [6, 6.07) is 5.04. The first kappa shape index (κ1) is 19.5. The van der Waals surface area contributed by atoms with Crippen LogP contribution in [0.5, 0.6) is 5.75 Å². The lowest BCUT2D eigenvalue weighted by molar-refractivity contribution is -0.126. The Bertz CT molecular complexity index is 622. The molecule has 3 N–H and O–H groups in total. The van der Waals surface area contributed by atoms with Gasteiger partial charge in [-0.3, -0.25) is 9.59 Å². The Balaban J connectivity index is 2.14. The number of carbonyl (C=O) groups is 2. The average Bonchev–Trinajstić information content (AvgIpc) is 2.60. The maximum atomic E-state index is 13.0. The van der Waals surface area contributed by atoms with E-state index in [0.29, 0.717) is 42.5 Å². The second kappa shape index (κ2) is 9.06. The van der Waals surface area contributed by atoms with E-state index in [4.69, 9.17) is 22.1 Å². The van der Waals surface area contributed by atoms with Gasteiger partial charge in [-0.15, -0.1) is 0 Å². The van der Waals surface area contributed by atoms with Crippen LogP contribution in [-0.4, -0.2) is 49.0 Å². The van der Waals surface area contributed by atoms with Crippen LogP contribution in [0.2, 0.25) is 5.02 Å². The highest BCUT2D eigenvalue weighted by molar-refractivity contribution is 6.31. The van der Waals surface area contributed by atoms with Crippen molar-refractivity contribution in [1.82, 2.24) is 10.2 Å². The van der Waals surface area contributed by atoms with Crippen molar-refractivity contribution in [3.63, 3.8) is 0 Å². The summed E-state index contributed by atoms with van der Waals surface area (Å²) in [6.07, 6.45) is 1.50. The van der Waals surface area contributed by atoms with Gasteiger partial charge in [0.25, 0.3) is 5.91 Å². The predicted molar refractivity (Wildman–Crippen MR) is 97.9 cm³/mol. The first-order valence-corrected chi connectivity index (χ1v) is 9.03. The van der Waals surface area contributed by atoms with E-state index in [1.807, 2.05) is 13.8 Å². The Kier molecular flexibility index (Phi) is 7.08. The average molecular weight is 368 g/mol. The highest BCUT2D eigenvalue weighted by atomic mass is 35.5. The van der Waals surface area contributed by atoms with Gasteiger partial charge in [-0.2, -0.15) is 0 Å². The van der Waals surface area contributed by atoms with Crippen LogP contribution in [0.4, 0.5) is 0 Å². The largest absolute Gasteiger partial charge is 0.490 e. The van der Waals surface area contributed by atoms with Gasteiger partial charge in [-0.05, 0) is 44.9 Å². The quantitative estimate of drug-likeness (QED) is 0.805. The summed E-state index contributed by atoms with van der Waals surface area (Å²) in [5.74, 6) is 0.0965. The van der Waals surface area contributed by atoms with Crippen LogP contribution in [0.25, 0.3) is 0 Å². The Morgan fingerprint density at radius 1 is 1.44 bits per heavy atom. The minimum Gasteiger partial charge on any atom is -0.490 e. The van der Waals surface area contributed by atoms with E-state index < -0.39 is 0 Å². The lowest BCUT2D eigenvalue weighted by Gasteiger charge is -2.32. The Labute approximate surface area is 153 Å². The molecule has 25 heavy (non-hydrogen) atoms. The van der Waals surface area contributed by atoms with Gasteiger partial charge in [0.2, 0.25) is 5.91 Å². The van der Waals surface area contributed by atoms with Gasteiger partial charge in [0.05, 0.1) is 17.6 Å². The molecule has 1 aromatic carbocycles. The minimum absolute atomic E-state index is 0.0484. The van der Waals surface area contributed by atoms with Crippen molar-refractivity contribution in [2.45, 2.75) is 32.8 Å². The molecule has 0 spiro atoms. The van der Waals surface area contributed by atoms with E-state index in [1.165, 1.54) is 0 Å². The van der Waals surface area contributed by atoms with Crippen LogP contribution in [0.15, 0.2) is 18.2 Å². The van der Waals surface area contributed by atoms with Crippen molar-refractivity contribution < 1.29 is 14.3 Å². The smallest absolute Gasteiger partial charge is 0.257 e. The van der Waals surface area contributed by atoms with Crippen LogP contribution >= 0.6 is 11.6 Å². The molecule has 0 aliphatic carbocycles. The molecule has 0 aromatic heterocycles. The zero-order valence-electron chi connectivity index (χ0n) is 14.8. The molecule has 1 saturated heterocycles. The maximum Gasteiger partial charge on any atom is 0.257 e. The number of carbonyl (C=O) groups excluding carboxylic acids is 2. The van der Waals surface area contributed by atoms with Crippen LogP contribution in [0.1, 0.15) is 37.0 Å². The van der Waals surface area contributed by atoms with Crippen LogP contribution in [-0.2, 0) is 4.79 Å². The number of hydrogen-bond donors (Lipinski definition) is 2. The summed E-state index contributed by atoms with van der Waals surface area (Å²) >= 11 is 6.07. The molecule has 0 bridgehead atoms. The van der Waals surface area contributed by atoms with Crippen molar-refractivity contribution in [3.05, 3.63) is 28.8 Å². The number of piperidine rings is 1. The summed E-state index contributed by atoms with van der Waals surface area (Å²) in [4.78, 5) is 26.9. The molecule has 1 heterocycles. The zero-order valence-corrected chi connectivity index (χ0v) is 15.5. The maximum absolute atomic E-state index is 13.0. The van der Waals surface area contributed by atoms with Gasteiger partial charge in [0, 0.05) is 31.2 Å². The molecule has 2 rings (SSSR count). The first-order valence-electron chi connectivity index (χ1n) is 8.65. The van der Waals surface area contributed by atoms with Crippen molar-refractivity contribution in [1.29, 1.82) is 0 Å². The molecular formula is C18H26ClN3O3. The lowest BCUT2D eigenvalue weighted by Crippen LogP contribution is -2.46. The van der Waals surface area contributed by atoms with Gasteiger partial charge in [-0.25, -0.2) is 0 Å². The van der Waals surface area contributed by atoms with Crippen LogP contribution in [0.3, 0.4) is 0 Å². The highest BCUT2D eigenvalue weighted by Crippen LogP contribution is 2.27. The molecule has 1 aliphatic rings. The molecule has 1 aliphatic heterocycles. The zero-order chi connectivity index (χ0) is 18.4. The number of nitrogens with zero attached hydrogens (tertiary/aromatic N) is 1. The van der Waals surface area contributed by atoms with E-state index in [-0.39, 0.29) is 23.8 Å². The molecule has 1 fully saturated rings. The number of nitrogens with two attached hydrogens (primary N) is 1. The van der Waals surface area contributed by atoms with E-state index in [9.17, 15) is 9.59 Å². The Morgan fingerprint density at radius 3 is 2.88 bits per heavy atom. The summed E-state index contributed by atoms with van der Waals surface area (Å²) < 4.78 is 5.74. The lowest BCUT2D eigenvalue weighted by atomic mass is 9.96. The monoisotopic (exact) mass is 367 g/mol. The van der Waals surface area contributed by atoms with E-state index in [2.05, 4.69) is 5.32 Å². The molecule has 7 heteroatoms. The fourth-order valence-corrected chi connectivity index (χ4v) is 3.08. The molecule has 2 amide bonds. The van der Waals surface area contributed by atoms with Gasteiger partial charge in [0.15, 0.2) is 0 Å². The SMILES string of the molecule is CC(C)Oc1ccc(Cl)cc1C(=O)N1CCCC(C(=O)NCCN)C1. The highest BCUT2D eigenvalue weighted by Gasteiger charge is 2.30. The Morgan fingerprint density at radius 2 is 2.20 bits per heavy atom. The van der Waals surface area contributed by atoms with Gasteiger partial charge in [-0.1, -0.05) is 11.6 Å². The first-order chi connectivity index (χ1) is 11.9. The number of ether oxygens (including phenoxy) is 1. The molecule has 1 aromatic rings. The van der Waals surface area contributed by atoms with Crippen molar-refractivity contribution in [2.24, 2.45) is 11.7 Å². The fourth-order valence-electron chi connectivity index (χ4n) is 2.91. The van der Waals surface area contributed by atoms with Crippen LogP contribution < -0.4 is 15.8 Å². The molecule has 1 atom stereocenters. The second-order valence-corrected chi connectivity index (χ2v) is 6.91. The second-order valence-electron chi connectivity index (χ2n) is 6.48. The Hall–Kier alpha value is -1.79. The summed E-state index contributed by atoms with van der Waals surface area (Å²) in [5, 5.41) is 3.28. The fraction of sp³-hybridized carbons (Fsp3) is 0.556. The van der Waals surface area contributed by atoms with Gasteiger partial charge >= 0.3 is 0 Å². The van der Waals surface area contributed by atoms with Crippen LogP contribution in [0, 0.1) is 5.92 Å². The third-order valence-electron chi connectivity index (χ3n) is 4.06. The molecule has 138 valence electrons. The van der Waals surface area contributed by atoms with Gasteiger partial charge < -0.3 is 20.7 Å². The van der Waals surface area contributed by atoms with Gasteiger partial charge in [0.1, 0.15) is 5.75 Å². The number of amides is 2. The minimum atomic E-state index is -0.210. The standard InChI is InChI=1S/C18H26ClN3O3/c1-12(2)25-16-6-5-14(19)10-15(16)18(24)22-9-3-4-13(11-22)17(23)21-8-7-20/h5-6,10,12-13H,3-4,7-9,11,20H2,1-2H3,(H,21,23). The number of benzene rings is 1. The molecular weight excluding hydrogens is 342 g/mol. The van der Waals surface area contributed by atoms with Crippen molar-refractivity contribution in [3.8, 4) is 5.75 Å². The number of likely N-dealkylation sites (tertiary alicyclic amines) is 1. The predicted octanol–water partition coefficient (Wildman–Crippen LogP) is 2.05. The van der Waals surface area contributed by atoms with Crippen molar-refractivity contribution >= 4 is 23.4 Å². The number of rotatable bonds is 6. The number of halogens is 1. The normalized spacial score (nSPS) is 17.5.